The number of hydrogen-bond acceptors (Lipinski definition) is 4. The van der Waals surface area contributed by atoms with E-state index in [0.29, 0.717) is 31.2 Å². The van der Waals surface area contributed by atoms with Crippen LogP contribution in [0.5, 0.6) is 0 Å². The largest absolute Gasteiger partial charge is 0.377 e. The van der Waals surface area contributed by atoms with E-state index in [1.54, 1.807) is 34.3 Å². The summed E-state index contributed by atoms with van der Waals surface area (Å²) in [7, 11) is -3.35. The lowest BCUT2D eigenvalue weighted by molar-refractivity contribution is 0.134. The summed E-state index contributed by atoms with van der Waals surface area (Å²) in [4.78, 5) is 0.372. The summed E-state index contributed by atoms with van der Waals surface area (Å²) in [5.41, 5.74) is 0.898. The molecule has 6 heteroatoms. The topological polar surface area (TPSA) is 46.6 Å². The highest BCUT2D eigenvalue weighted by Crippen LogP contribution is 2.21. The molecule has 0 spiro atoms. The van der Waals surface area contributed by atoms with Crippen molar-refractivity contribution in [3.05, 3.63) is 29.8 Å². The van der Waals surface area contributed by atoms with Crippen LogP contribution in [-0.4, -0.2) is 43.9 Å². The van der Waals surface area contributed by atoms with Crippen molar-refractivity contribution in [1.82, 2.24) is 4.31 Å². The van der Waals surface area contributed by atoms with E-state index >= 15 is 0 Å². The van der Waals surface area contributed by atoms with Gasteiger partial charge in [-0.3, -0.25) is 0 Å². The third kappa shape index (κ3) is 3.72. The molecule has 0 amide bonds. The molecule has 1 heterocycles. The zero-order valence-electron chi connectivity index (χ0n) is 11.0. The molecule has 1 aliphatic heterocycles. The van der Waals surface area contributed by atoms with Crippen molar-refractivity contribution in [3.8, 4) is 0 Å². The minimum atomic E-state index is -3.35. The lowest BCUT2D eigenvalue weighted by Gasteiger charge is -2.25. The van der Waals surface area contributed by atoms with Crippen LogP contribution in [0.15, 0.2) is 29.2 Å². The maximum atomic E-state index is 12.5. The molecule has 19 heavy (non-hydrogen) atoms. The summed E-state index contributed by atoms with van der Waals surface area (Å²) in [6.45, 7) is 4.20. The van der Waals surface area contributed by atoms with Crippen LogP contribution in [0.1, 0.15) is 12.5 Å². The Morgan fingerprint density at radius 3 is 2.74 bits per heavy atom. The second-order valence-electron chi connectivity index (χ2n) is 4.30. The second kappa shape index (κ2) is 6.74. The molecule has 1 aromatic rings. The fraction of sp³-hybridized carbons (Fsp3) is 0.538. The van der Waals surface area contributed by atoms with Gasteiger partial charge in [-0.2, -0.15) is 16.1 Å². The third-order valence-corrected chi connectivity index (χ3v) is 5.82. The predicted molar refractivity (Wildman–Crippen MR) is 77.9 cm³/mol. The number of thioether (sulfide) groups is 1. The number of benzene rings is 1. The number of hydrogen-bond donors (Lipinski definition) is 0. The lowest BCUT2D eigenvalue weighted by Crippen LogP contribution is -2.37. The number of sulfonamides is 1. The minimum absolute atomic E-state index is 0.372. The number of rotatable bonds is 5. The van der Waals surface area contributed by atoms with Crippen molar-refractivity contribution >= 4 is 21.8 Å². The van der Waals surface area contributed by atoms with Gasteiger partial charge in [-0.1, -0.05) is 12.1 Å². The fourth-order valence-electron chi connectivity index (χ4n) is 1.95. The zero-order valence-corrected chi connectivity index (χ0v) is 12.7. The molecule has 0 radical (unpaired) electrons. The Morgan fingerprint density at radius 1 is 1.32 bits per heavy atom. The summed E-state index contributed by atoms with van der Waals surface area (Å²) < 4.78 is 31.9. The molecular formula is C13H19NO3S2. The van der Waals surface area contributed by atoms with Crippen molar-refractivity contribution in [2.75, 3.05) is 31.2 Å². The maximum absolute atomic E-state index is 12.5. The van der Waals surface area contributed by atoms with Crippen molar-refractivity contribution in [2.45, 2.75) is 18.4 Å². The average molecular weight is 301 g/mol. The molecule has 0 unspecified atom stereocenters. The first-order valence-electron chi connectivity index (χ1n) is 6.39. The average Bonchev–Trinajstić information content (AvgIpc) is 2.46. The van der Waals surface area contributed by atoms with Crippen LogP contribution in [0.4, 0.5) is 0 Å². The van der Waals surface area contributed by atoms with Crippen molar-refractivity contribution in [1.29, 1.82) is 0 Å². The molecule has 1 fully saturated rings. The van der Waals surface area contributed by atoms with E-state index in [2.05, 4.69) is 0 Å². The Labute approximate surface area is 119 Å². The van der Waals surface area contributed by atoms with E-state index in [1.807, 2.05) is 13.0 Å². The molecule has 0 bridgehead atoms. The molecule has 1 aromatic carbocycles. The SMILES string of the molecule is CCOCc1cccc(S(=O)(=O)N2CCSCC2)c1. The molecular weight excluding hydrogens is 282 g/mol. The van der Waals surface area contributed by atoms with Crippen LogP contribution in [0, 0.1) is 0 Å². The van der Waals surface area contributed by atoms with E-state index in [9.17, 15) is 8.42 Å². The minimum Gasteiger partial charge on any atom is -0.377 e. The first-order chi connectivity index (χ1) is 9.14. The molecule has 106 valence electrons. The Morgan fingerprint density at radius 2 is 2.05 bits per heavy atom. The van der Waals surface area contributed by atoms with Gasteiger partial charge in [-0.15, -0.1) is 0 Å². The molecule has 2 rings (SSSR count). The Bertz CT molecular complexity index is 510. The molecule has 0 atom stereocenters. The van der Waals surface area contributed by atoms with Crippen molar-refractivity contribution in [3.63, 3.8) is 0 Å². The van der Waals surface area contributed by atoms with Crippen LogP contribution < -0.4 is 0 Å². The second-order valence-corrected chi connectivity index (χ2v) is 7.46. The van der Waals surface area contributed by atoms with Crippen LogP contribution in [0.25, 0.3) is 0 Å². The van der Waals surface area contributed by atoms with Gasteiger partial charge in [0.05, 0.1) is 11.5 Å². The summed E-state index contributed by atoms with van der Waals surface area (Å²) >= 11 is 1.80. The summed E-state index contributed by atoms with van der Waals surface area (Å²) in [6.07, 6.45) is 0. The first kappa shape index (κ1) is 14.8. The monoisotopic (exact) mass is 301 g/mol. The van der Waals surface area contributed by atoms with E-state index in [1.165, 1.54) is 0 Å². The van der Waals surface area contributed by atoms with Gasteiger partial charge in [-0.25, -0.2) is 8.42 Å². The molecule has 4 nitrogen and oxygen atoms in total. The summed E-state index contributed by atoms with van der Waals surface area (Å²) in [5, 5.41) is 0. The Balaban J connectivity index is 2.19. The summed E-state index contributed by atoms with van der Waals surface area (Å²) in [6, 6.07) is 7.04. The van der Waals surface area contributed by atoms with Crippen LogP contribution in [-0.2, 0) is 21.4 Å². The molecule has 0 aromatic heterocycles. The Kier molecular flexibility index (Phi) is 5.27. The Hall–Kier alpha value is -0.560. The van der Waals surface area contributed by atoms with E-state index in [-0.39, 0.29) is 0 Å². The molecule has 0 N–H and O–H groups in total. The lowest BCUT2D eigenvalue weighted by atomic mass is 10.2. The number of ether oxygens (including phenoxy) is 1. The quantitative estimate of drug-likeness (QED) is 0.834. The zero-order chi connectivity index (χ0) is 13.7. The van der Waals surface area contributed by atoms with Gasteiger partial charge in [-0.05, 0) is 24.6 Å². The van der Waals surface area contributed by atoms with E-state index in [4.69, 9.17) is 4.74 Å². The molecule has 0 saturated carbocycles. The van der Waals surface area contributed by atoms with Gasteiger partial charge < -0.3 is 4.74 Å². The van der Waals surface area contributed by atoms with Gasteiger partial charge in [0.1, 0.15) is 0 Å². The van der Waals surface area contributed by atoms with Crippen molar-refractivity contribution < 1.29 is 13.2 Å². The maximum Gasteiger partial charge on any atom is 0.243 e. The molecule has 1 aliphatic rings. The highest BCUT2D eigenvalue weighted by molar-refractivity contribution is 7.99. The van der Waals surface area contributed by atoms with Crippen molar-refractivity contribution in [2.24, 2.45) is 0 Å². The first-order valence-corrected chi connectivity index (χ1v) is 8.98. The molecule has 0 aliphatic carbocycles. The van der Waals surface area contributed by atoms with E-state index in [0.717, 1.165) is 17.1 Å². The van der Waals surface area contributed by atoms with Gasteiger partial charge in [0.2, 0.25) is 10.0 Å². The van der Waals surface area contributed by atoms with E-state index < -0.39 is 10.0 Å². The molecule has 1 saturated heterocycles. The number of nitrogens with zero attached hydrogens (tertiary/aromatic N) is 1. The van der Waals surface area contributed by atoms with Gasteiger partial charge >= 0.3 is 0 Å². The highest BCUT2D eigenvalue weighted by atomic mass is 32.2. The van der Waals surface area contributed by atoms with Gasteiger partial charge in [0.25, 0.3) is 0 Å². The van der Waals surface area contributed by atoms with Crippen LogP contribution in [0.2, 0.25) is 0 Å². The van der Waals surface area contributed by atoms with Crippen LogP contribution in [0.3, 0.4) is 0 Å². The third-order valence-electron chi connectivity index (χ3n) is 2.98. The standard InChI is InChI=1S/C13H19NO3S2/c1-2-17-11-12-4-3-5-13(10-12)19(15,16)14-6-8-18-9-7-14/h3-5,10H,2,6-9,11H2,1H3. The normalized spacial score (nSPS) is 17.5. The van der Waals surface area contributed by atoms with Gasteiger partial charge in [0, 0.05) is 31.2 Å². The predicted octanol–water partition coefficient (Wildman–Crippen LogP) is 1.96. The fourth-order valence-corrected chi connectivity index (χ4v) is 4.60. The smallest absolute Gasteiger partial charge is 0.243 e. The van der Waals surface area contributed by atoms with Gasteiger partial charge in [0.15, 0.2) is 0 Å². The van der Waals surface area contributed by atoms with Crippen LogP contribution >= 0.6 is 11.8 Å². The highest BCUT2D eigenvalue weighted by Gasteiger charge is 2.26. The summed E-state index contributed by atoms with van der Waals surface area (Å²) in [5.74, 6) is 1.75.